The molecule has 9 heteroatoms. The van der Waals surface area contributed by atoms with Crippen LogP contribution in [0.2, 0.25) is 0 Å². The fourth-order valence-electron chi connectivity index (χ4n) is 3.55. The lowest BCUT2D eigenvalue weighted by molar-refractivity contribution is -0.150. The number of nitrogens with zero attached hydrogens (tertiary/aromatic N) is 2. The third-order valence-electron chi connectivity index (χ3n) is 5.26. The van der Waals surface area contributed by atoms with Crippen LogP contribution < -0.4 is 5.32 Å². The molecule has 1 aliphatic rings. The number of Topliss-reactive ketones (excluding diaryl/α,β-unsaturated/α-hetero) is 1. The van der Waals surface area contributed by atoms with Crippen molar-refractivity contribution in [1.82, 2.24) is 14.8 Å². The van der Waals surface area contributed by atoms with Gasteiger partial charge in [-0.15, -0.1) is 0 Å². The largest absolute Gasteiger partial charge is 0.480 e. The highest BCUT2D eigenvalue weighted by Crippen LogP contribution is 2.19. The summed E-state index contributed by atoms with van der Waals surface area (Å²) in [6, 6.07) is 0.789. The van der Waals surface area contributed by atoms with Gasteiger partial charge in [0.15, 0.2) is 5.78 Å². The van der Waals surface area contributed by atoms with Crippen LogP contribution in [0.4, 0.5) is 0 Å². The van der Waals surface area contributed by atoms with Gasteiger partial charge in [-0.25, -0.2) is 4.79 Å². The molecule has 0 spiro atoms. The van der Waals surface area contributed by atoms with Crippen LogP contribution >= 0.6 is 0 Å². The molecule has 1 aliphatic heterocycles. The number of rotatable bonds is 9. The second kappa shape index (κ2) is 9.69. The number of aryl methyl sites for hydroxylation is 1. The third kappa shape index (κ3) is 5.23. The number of carbonyl (C=O) groups excluding carboxylic acids is 3. The van der Waals surface area contributed by atoms with Gasteiger partial charge in [-0.3, -0.25) is 19.7 Å². The minimum atomic E-state index is -1.04. The number of esters is 1. The number of hydrogen-bond acceptors (Lipinski definition) is 6. The molecule has 0 aromatic carbocycles. The van der Waals surface area contributed by atoms with Crippen molar-refractivity contribution < 1.29 is 29.0 Å². The summed E-state index contributed by atoms with van der Waals surface area (Å²) in [4.78, 5) is 50.5. The minimum absolute atomic E-state index is 0.143. The highest BCUT2D eigenvalue weighted by Gasteiger charge is 2.37. The Kier molecular flexibility index (Phi) is 7.55. The molecule has 0 radical (unpaired) electrons. The molecule has 0 saturated carbocycles. The lowest BCUT2D eigenvalue weighted by Crippen LogP contribution is -2.53. The summed E-state index contributed by atoms with van der Waals surface area (Å²) in [5.74, 6) is -2.33. The number of ether oxygens (including phenoxy) is 1. The molecule has 1 unspecified atom stereocenters. The average Bonchev–Trinajstić information content (AvgIpc) is 3.28. The molecule has 1 saturated heterocycles. The van der Waals surface area contributed by atoms with Gasteiger partial charge in [-0.05, 0) is 45.7 Å². The molecule has 160 valence electrons. The Morgan fingerprint density at radius 2 is 2.00 bits per heavy atom. The van der Waals surface area contributed by atoms with E-state index in [0.29, 0.717) is 25.1 Å². The zero-order chi connectivity index (χ0) is 21.7. The summed E-state index contributed by atoms with van der Waals surface area (Å²) in [5, 5.41) is 12.2. The monoisotopic (exact) mass is 407 g/mol. The Bertz CT molecular complexity index is 787. The predicted octanol–water partition coefficient (Wildman–Crippen LogP) is 0.892. The van der Waals surface area contributed by atoms with E-state index < -0.39 is 36.0 Å². The Morgan fingerprint density at radius 1 is 1.31 bits per heavy atom. The Labute approximate surface area is 170 Å². The number of hydrogen-bond donors (Lipinski definition) is 2. The van der Waals surface area contributed by atoms with E-state index in [0.717, 1.165) is 5.69 Å². The van der Waals surface area contributed by atoms with Crippen LogP contribution in [0.5, 0.6) is 0 Å². The number of carbonyl (C=O) groups is 4. The first-order valence-corrected chi connectivity index (χ1v) is 9.78. The number of aromatic nitrogens is 1. The molecule has 1 aromatic heterocycles. The summed E-state index contributed by atoms with van der Waals surface area (Å²) >= 11 is 0. The smallest absolute Gasteiger partial charge is 0.326 e. The molecule has 0 bridgehead atoms. The Hall–Kier alpha value is -2.68. The Balaban J connectivity index is 2.12. The van der Waals surface area contributed by atoms with Crippen molar-refractivity contribution in [1.29, 1.82) is 0 Å². The van der Waals surface area contributed by atoms with Gasteiger partial charge in [-0.2, -0.15) is 0 Å². The highest BCUT2D eigenvalue weighted by molar-refractivity contribution is 5.98. The number of aliphatic carboxylic acids is 1. The van der Waals surface area contributed by atoms with E-state index >= 15 is 0 Å². The maximum absolute atomic E-state index is 12.7. The normalized spacial score (nSPS) is 18.3. The number of ketones is 1. The number of amides is 1. The van der Waals surface area contributed by atoms with Crippen molar-refractivity contribution in [3.63, 3.8) is 0 Å². The minimum Gasteiger partial charge on any atom is -0.480 e. The molecular weight excluding hydrogens is 378 g/mol. The molecule has 2 N–H and O–H groups in total. The van der Waals surface area contributed by atoms with Crippen molar-refractivity contribution in [2.75, 3.05) is 13.2 Å². The summed E-state index contributed by atoms with van der Waals surface area (Å²) in [6.07, 6.45) is 0.846. The van der Waals surface area contributed by atoms with E-state index in [4.69, 9.17) is 4.74 Å². The van der Waals surface area contributed by atoms with Gasteiger partial charge in [0.1, 0.15) is 12.1 Å². The molecule has 29 heavy (non-hydrogen) atoms. The molecule has 2 rings (SSSR count). The lowest BCUT2D eigenvalue weighted by Gasteiger charge is -2.27. The van der Waals surface area contributed by atoms with Crippen molar-refractivity contribution in [3.8, 4) is 0 Å². The van der Waals surface area contributed by atoms with Crippen LogP contribution in [0.3, 0.4) is 0 Å². The van der Waals surface area contributed by atoms with E-state index in [-0.39, 0.29) is 18.8 Å². The summed E-state index contributed by atoms with van der Waals surface area (Å²) in [7, 11) is 1.76. The molecule has 3 atom stereocenters. The molecule has 9 nitrogen and oxygen atoms in total. The van der Waals surface area contributed by atoms with Crippen molar-refractivity contribution in [3.05, 3.63) is 23.5 Å². The van der Waals surface area contributed by atoms with E-state index in [1.165, 1.54) is 4.90 Å². The summed E-state index contributed by atoms with van der Waals surface area (Å²) < 4.78 is 6.80. The van der Waals surface area contributed by atoms with E-state index in [9.17, 15) is 24.3 Å². The SMILES string of the molecule is CCOC(=O)C(CC(=O)c1ccc(C)n1C)N[C@@H](C)C(=O)N1CCC[C@H]1C(=O)O. The molecule has 1 aromatic rings. The van der Waals surface area contributed by atoms with Crippen LogP contribution in [0.1, 0.15) is 49.3 Å². The van der Waals surface area contributed by atoms with Gasteiger partial charge in [-0.1, -0.05) is 0 Å². The first-order valence-electron chi connectivity index (χ1n) is 9.78. The molecular formula is C20H29N3O6. The second-order valence-electron chi connectivity index (χ2n) is 7.27. The summed E-state index contributed by atoms with van der Waals surface area (Å²) in [6.45, 7) is 5.58. The van der Waals surface area contributed by atoms with Gasteiger partial charge < -0.3 is 19.3 Å². The maximum Gasteiger partial charge on any atom is 0.326 e. The zero-order valence-corrected chi connectivity index (χ0v) is 17.3. The second-order valence-corrected chi connectivity index (χ2v) is 7.27. The van der Waals surface area contributed by atoms with Crippen LogP contribution in [-0.2, 0) is 26.2 Å². The quantitative estimate of drug-likeness (QED) is 0.461. The first-order chi connectivity index (χ1) is 13.7. The fraction of sp³-hybridized carbons (Fsp3) is 0.600. The van der Waals surface area contributed by atoms with E-state index in [2.05, 4.69) is 5.32 Å². The zero-order valence-electron chi connectivity index (χ0n) is 17.3. The standard InChI is InChI=1S/C20H29N3O6/c1-5-29-20(28)14(11-17(24)15-9-8-12(2)22(15)4)21-13(3)18(25)23-10-6-7-16(23)19(26)27/h8-9,13-14,16,21H,5-7,10-11H2,1-4H3,(H,26,27)/t13-,14?,16-/m0/s1. The van der Waals surface area contributed by atoms with Crippen LogP contribution in [-0.4, -0.2) is 69.5 Å². The van der Waals surface area contributed by atoms with E-state index in [1.54, 1.807) is 31.5 Å². The molecule has 0 aliphatic carbocycles. The fourth-order valence-corrected chi connectivity index (χ4v) is 3.55. The van der Waals surface area contributed by atoms with Crippen LogP contribution in [0, 0.1) is 6.92 Å². The topological polar surface area (TPSA) is 118 Å². The number of carboxylic acids is 1. The van der Waals surface area contributed by atoms with Gasteiger partial charge in [0.05, 0.1) is 18.3 Å². The lowest BCUT2D eigenvalue weighted by atomic mass is 10.1. The number of likely N-dealkylation sites (tertiary alicyclic amines) is 1. The highest BCUT2D eigenvalue weighted by atomic mass is 16.5. The number of carboxylic acid groups (broad SMARTS) is 1. The molecule has 1 fully saturated rings. The summed E-state index contributed by atoms with van der Waals surface area (Å²) in [5.41, 5.74) is 1.37. The maximum atomic E-state index is 12.7. The first kappa shape index (κ1) is 22.6. The van der Waals surface area contributed by atoms with Crippen LogP contribution in [0.15, 0.2) is 12.1 Å². The predicted molar refractivity (Wildman–Crippen MR) is 104 cm³/mol. The van der Waals surface area contributed by atoms with Gasteiger partial charge in [0, 0.05) is 25.7 Å². The van der Waals surface area contributed by atoms with Crippen molar-refractivity contribution >= 4 is 23.6 Å². The third-order valence-corrected chi connectivity index (χ3v) is 5.26. The Morgan fingerprint density at radius 3 is 2.55 bits per heavy atom. The van der Waals surface area contributed by atoms with Crippen LogP contribution in [0.25, 0.3) is 0 Å². The average molecular weight is 407 g/mol. The van der Waals surface area contributed by atoms with E-state index in [1.807, 2.05) is 13.0 Å². The number of nitrogens with one attached hydrogen (secondary N) is 1. The van der Waals surface area contributed by atoms with Gasteiger partial charge in [0.25, 0.3) is 0 Å². The van der Waals surface area contributed by atoms with Crippen molar-refractivity contribution in [2.24, 2.45) is 7.05 Å². The molecule has 2 heterocycles. The van der Waals surface area contributed by atoms with Gasteiger partial charge in [0.2, 0.25) is 5.91 Å². The van der Waals surface area contributed by atoms with Gasteiger partial charge >= 0.3 is 11.9 Å². The molecule has 1 amide bonds. The van der Waals surface area contributed by atoms with Crippen molar-refractivity contribution in [2.45, 2.75) is 58.2 Å².